The highest BCUT2D eigenvalue weighted by Gasteiger charge is 2.05. The summed E-state index contributed by atoms with van der Waals surface area (Å²) in [7, 11) is 1.55. The molecule has 0 saturated carbocycles. The van der Waals surface area contributed by atoms with Gasteiger partial charge in [0.05, 0.1) is 18.8 Å². The van der Waals surface area contributed by atoms with Gasteiger partial charge in [0.1, 0.15) is 5.82 Å². The zero-order chi connectivity index (χ0) is 12.7. The van der Waals surface area contributed by atoms with Crippen molar-refractivity contribution in [2.45, 2.75) is 0 Å². The van der Waals surface area contributed by atoms with Gasteiger partial charge >= 0.3 is 0 Å². The highest BCUT2D eigenvalue weighted by Crippen LogP contribution is 2.18. The van der Waals surface area contributed by atoms with Crippen LogP contribution in [-0.4, -0.2) is 32.7 Å². The first-order valence-electron chi connectivity index (χ1n) is 5.08. The Morgan fingerprint density at radius 1 is 1.53 bits per heavy atom. The molecule has 0 fully saturated rings. The molecular formula is C11H14ClFN2O2. The second-order valence-electron chi connectivity index (χ2n) is 3.32. The molecule has 6 heteroatoms. The summed E-state index contributed by atoms with van der Waals surface area (Å²) in [4.78, 5) is 11.3. The maximum atomic E-state index is 13.3. The lowest BCUT2D eigenvalue weighted by molar-refractivity contribution is -0.119. The zero-order valence-electron chi connectivity index (χ0n) is 9.43. The number of carbonyl (C=O) groups excluding carboxylic acids is 1. The van der Waals surface area contributed by atoms with Crippen molar-refractivity contribution >= 4 is 23.2 Å². The van der Waals surface area contributed by atoms with Crippen LogP contribution < -0.4 is 10.6 Å². The molecule has 0 atom stereocenters. The summed E-state index contributed by atoms with van der Waals surface area (Å²) in [6.07, 6.45) is 0. The van der Waals surface area contributed by atoms with E-state index in [1.165, 1.54) is 18.2 Å². The van der Waals surface area contributed by atoms with Gasteiger partial charge in [-0.25, -0.2) is 4.39 Å². The standard InChI is InChI=1S/C11H14ClFN2O2/c1-17-5-4-14-11(16)7-15-10-6-8(12)2-3-9(10)13/h2-3,6,15H,4-5,7H2,1H3,(H,14,16). The number of benzene rings is 1. The Balaban J connectivity index is 2.39. The normalized spacial score (nSPS) is 10.1. The summed E-state index contributed by atoms with van der Waals surface area (Å²) < 4.78 is 18.0. The molecule has 0 aliphatic carbocycles. The van der Waals surface area contributed by atoms with Crippen molar-refractivity contribution < 1.29 is 13.9 Å². The molecule has 1 aromatic carbocycles. The maximum Gasteiger partial charge on any atom is 0.239 e. The number of ether oxygens (including phenoxy) is 1. The van der Waals surface area contributed by atoms with Crippen molar-refractivity contribution in [3.8, 4) is 0 Å². The van der Waals surface area contributed by atoms with E-state index in [1.54, 1.807) is 7.11 Å². The van der Waals surface area contributed by atoms with E-state index in [0.717, 1.165) is 0 Å². The third kappa shape index (κ3) is 5.01. The van der Waals surface area contributed by atoms with Crippen LogP contribution in [0.4, 0.5) is 10.1 Å². The van der Waals surface area contributed by atoms with E-state index >= 15 is 0 Å². The monoisotopic (exact) mass is 260 g/mol. The van der Waals surface area contributed by atoms with Crippen LogP contribution in [-0.2, 0) is 9.53 Å². The molecule has 1 rings (SSSR count). The van der Waals surface area contributed by atoms with Crippen LogP contribution in [0.25, 0.3) is 0 Å². The van der Waals surface area contributed by atoms with Crippen molar-refractivity contribution in [1.82, 2.24) is 5.32 Å². The predicted molar refractivity (Wildman–Crippen MR) is 64.8 cm³/mol. The fourth-order valence-corrected chi connectivity index (χ4v) is 1.34. The van der Waals surface area contributed by atoms with E-state index in [2.05, 4.69) is 10.6 Å². The predicted octanol–water partition coefficient (Wildman–Crippen LogP) is 1.65. The minimum absolute atomic E-state index is 0.0129. The molecule has 1 amide bonds. The van der Waals surface area contributed by atoms with Gasteiger partial charge in [-0.3, -0.25) is 4.79 Å². The van der Waals surface area contributed by atoms with Gasteiger partial charge in [0.25, 0.3) is 0 Å². The molecule has 1 aromatic rings. The molecule has 94 valence electrons. The van der Waals surface area contributed by atoms with Crippen LogP contribution in [0.2, 0.25) is 5.02 Å². The smallest absolute Gasteiger partial charge is 0.239 e. The molecule has 0 heterocycles. The largest absolute Gasteiger partial charge is 0.383 e. The number of nitrogens with one attached hydrogen (secondary N) is 2. The Labute approximate surface area is 104 Å². The molecular weight excluding hydrogens is 247 g/mol. The minimum Gasteiger partial charge on any atom is -0.383 e. The van der Waals surface area contributed by atoms with E-state index in [-0.39, 0.29) is 18.1 Å². The van der Waals surface area contributed by atoms with Crippen molar-refractivity contribution in [2.75, 3.05) is 32.1 Å². The number of hydrogen-bond acceptors (Lipinski definition) is 3. The molecule has 0 spiro atoms. The number of hydrogen-bond donors (Lipinski definition) is 2. The molecule has 0 aliphatic heterocycles. The molecule has 0 bridgehead atoms. The van der Waals surface area contributed by atoms with Crippen LogP contribution in [0.3, 0.4) is 0 Å². The zero-order valence-corrected chi connectivity index (χ0v) is 10.2. The molecule has 0 aromatic heterocycles. The number of halogens is 2. The Hall–Kier alpha value is -1.33. The first-order chi connectivity index (χ1) is 8.13. The summed E-state index contributed by atoms with van der Waals surface area (Å²) in [5, 5.41) is 5.69. The first-order valence-corrected chi connectivity index (χ1v) is 5.46. The van der Waals surface area contributed by atoms with Gasteiger partial charge in [0.2, 0.25) is 5.91 Å². The highest BCUT2D eigenvalue weighted by molar-refractivity contribution is 6.30. The van der Waals surface area contributed by atoms with Crippen LogP contribution in [0.1, 0.15) is 0 Å². The summed E-state index contributed by atoms with van der Waals surface area (Å²) in [5.74, 6) is -0.680. The third-order valence-electron chi connectivity index (χ3n) is 2.00. The maximum absolute atomic E-state index is 13.3. The van der Waals surface area contributed by atoms with E-state index in [9.17, 15) is 9.18 Å². The first kappa shape index (κ1) is 13.7. The molecule has 4 nitrogen and oxygen atoms in total. The number of amides is 1. The van der Waals surface area contributed by atoms with Gasteiger partial charge in [-0.1, -0.05) is 11.6 Å². The topological polar surface area (TPSA) is 50.4 Å². The highest BCUT2D eigenvalue weighted by atomic mass is 35.5. The number of rotatable bonds is 6. The molecule has 0 radical (unpaired) electrons. The van der Waals surface area contributed by atoms with Gasteiger partial charge in [-0.05, 0) is 18.2 Å². The Bertz CT molecular complexity index is 388. The molecule has 0 unspecified atom stereocenters. The fourth-order valence-electron chi connectivity index (χ4n) is 1.16. The molecule has 0 aliphatic rings. The second-order valence-corrected chi connectivity index (χ2v) is 3.76. The van der Waals surface area contributed by atoms with Gasteiger partial charge in [0, 0.05) is 18.7 Å². The minimum atomic E-state index is -0.445. The number of anilines is 1. The fraction of sp³-hybridized carbons (Fsp3) is 0.364. The van der Waals surface area contributed by atoms with Gasteiger partial charge < -0.3 is 15.4 Å². The van der Waals surface area contributed by atoms with E-state index in [1.807, 2.05) is 0 Å². The average Bonchev–Trinajstić information content (AvgIpc) is 2.31. The van der Waals surface area contributed by atoms with Crippen molar-refractivity contribution in [3.63, 3.8) is 0 Å². The molecule has 2 N–H and O–H groups in total. The number of methoxy groups -OCH3 is 1. The Kier molecular flexibility index (Phi) is 5.72. The van der Waals surface area contributed by atoms with Crippen LogP contribution >= 0.6 is 11.6 Å². The summed E-state index contributed by atoms with van der Waals surface area (Å²) in [5.41, 5.74) is 0.208. The summed E-state index contributed by atoms with van der Waals surface area (Å²) >= 11 is 5.71. The lowest BCUT2D eigenvalue weighted by Gasteiger charge is -2.08. The molecule has 0 saturated heterocycles. The second kappa shape index (κ2) is 7.09. The quantitative estimate of drug-likeness (QED) is 0.765. The van der Waals surface area contributed by atoms with E-state index in [4.69, 9.17) is 16.3 Å². The number of carbonyl (C=O) groups is 1. The summed E-state index contributed by atoms with van der Waals surface area (Å²) in [6.45, 7) is 0.854. The Morgan fingerprint density at radius 2 is 2.29 bits per heavy atom. The van der Waals surface area contributed by atoms with Crippen molar-refractivity contribution in [2.24, 2.45) is 0 Å². The lowest BCUT2D eigenvalue weighted by Crippen LogP contribution is -2.32. The van der Waals surface area contributed by atoms with Gasteiger partial charge in [0.15, 0.2) is 0 Å². The van der Waals surface area contributed by atoms with Crippen molar-refractivity contribution in [1.29, 1.82) is 0 Å². The van der Waals surface area contributed by atoms with E-state index < -0.39 is 5.82 Å². The van der Waals surface area contributed by atoms with Crippen LogP contribution in [0.5, 0.6) is 0 Å². The van der Waals surface area contributed by atoms with Gasteiger partial charge in [-0.15, -0.1) is 0 Å². The van der Waals surface area contributed by atoms with Crippen LogP contribution in [0, 0.1) is 5.82 Å². The Morgan fingerprint density at radius 3 is 3.00 bits per heavy atom. The van der Waals surface area contributed by atoms with Crippen LogP contribution in [0.15, 0.2) is 18.2 Å². The SMILES string of the molecule is COCCNC(=O)CNc1cc(Cl)ccc1F. The van der Waals surface area contributed by atoms with E-state index in [0.29, 0.717) is 18.2 Å². The third-order valence-corrected chi connectivity index (χ3v) is 2.23. The van der Waals surface area contributed by atoms with Gasteiger partial charge in [-0.2, -0.15) is 0 Å². The summed E-state index contributed by atoms with van der Waals surface area (Å²) in [6, 6.07) is 4.12. The molecule has 17 heavy (non-hydrogen) atoms. The lowest BCUT2D eigenvalue weighted by atomic mass is 10.3. The average molecular weight is 261 g/mol. The van der Waals surface area contributed by atoms with Crippen molar-refractivity contribution in [3.05, 3.63) is 29.0 Å².